The minimum Gasteiger partial charge on any atom is -0.380 e. The number of rotatable bonds is 6. The minimum absolute atomic E-state index is 0.0927. The van der Waals surface area contributed by atoms with Crippen molar-refractivity contribution in [2.24, 2.45) is 5.92 Å². The van der Waals surface area contributed by atoms with E-state index in [1.165, 1.54) is 0 Å². The fourth-order valence-electron chi connectivity index (χ4n) is 2.18. The first kappa shape index (κ1) is 15.4. The van der Waals surface area contributed by atoms with Crippen LogP contribution in [-0.4, -0.2) is 63.3 Å². The van der Waals surface area contributed by atoms with Crippen molar-refractivity contribution < 1.29 is 9.53 Å². The third-order valence-corrected chi connectivity index (χ3v) is 3.43. The fourth-order valence-corrected chi connectivity index (χ4v) is 2.18. The summed E-state index contributed by atoms with van der Waals surface area (Å²) < 4.78 is 5.26. The molecule has 1 aliphatic rings. The van der Waals surface area contributed by atoms with Crippen LogP contribution in [0.2, 0.25) is 0 Å². The van der Waals surface area contributed by atoms with E-state index in [9.17, 15) is 4.79 Å². The molecule has 0 aromatic carbocycles. The van der Waals surface area contributed by atoms with Gasteiger partial charge >= 0.3 is 0 Å². The largest absolute Gasteiger partial charge is 0.380 e. The normalized spacial score (nSPS) is 25.7. The molecule has 0 aromatic heterocycles. The van der Waals surface area contributed by atoms with Gasteiger partial charge in [-0.1, -0.05) is 13.8 Å². The average Bonchev–Trinajstić information content (AvgIpc) is 2.75. The molecule has 3 unspecified atom stereocenters. The summed E-state index contributed by atoms with van der Waals surface area (Å²) in [4.78, 5) is 14.3. The Balaban J connectivity index is 2.46. The van der Waals surface area contributed by atoms with Gasteiger partial charge in [-0.3, -0.25) is 4.79 Å². The van der Waals surface area contributed by atoms with Crippen molar-refractivity contribution >= 4 is 5.91 Å². The molecule has 5 heteroatoms. The molecule has 2 N–H and O–H groups in total. The van der Waals surface area contributed by atoms with Gasteiger partial charge in [0.2, 0.25) is 5.91 Å². The third-order valence-electron chi connectivity index (χ3n) is 3.43. The van der Waals surface area contributed by atoms with Gasteiger partial charge in [0.05, 0.1) is 12.1 Å². The summed E-state index contributed by atoms with van der Waals surface area (Å²) >= 11 is 0. The van der Waals surface area contributed by atoms with Gasteiger partial charge in [0.25, 0.3) is 0 Å². The molecule has 1 saturated heterocycles. The molecule has 3 atom stereocenters. The monoisotopic (exact) mass is 257 g/mol. The second kappa shape index (κ2) is 7.07. The SMILES string of the molecule is COC1CNC(C(=O)NC(CN(C)C)C(C)C)C1. The fraction of sp³-hybridized carbons (Fsp3) is 0.923. The van der Waals surface area contributed by atoms with Crippen LogP contribution >= 0.6 is 0 Å². The van der Waals surface area contributed by atoms with Gasteiger partial charge in [0.15, 0.2) is 0 Å². The molecular weight excluding hydrogens is 230 g/mol. The first-order valence-corrected chi connectivity index (χ1v) is 6.65. The number of hydrogen-bond acceptors (Lipinski definition) is 4. The van der Waals surface area contributed by atoms with E-state index < -0.39 is 0 Å². The Hall–Kier alpha value is -0.650. The first-order valence-electron chi connectivity index (χ1n) is 6.65. The Labute approximate surface area is 110 Å². The second-order valence-corrected chi connectivity index (χ2v) is 5.68. The number of likely N-dealkylation sites (N-methyl/N-ethyl adjacent to an activating group) is 1. The summed E-state index contributed by atoms with van der Waals surface area (Å²) in [6.07, 6.45) is 0.918. The van der Waals surface area contributed by atoms with Gasteiger partial charge in [-0.25, -0.2) is 0 Å². The first-order chi connectivity index (χ1) is 8.43. The zero-order valence-corrected chi connectivity index (χ0v) is 12.2. The van der Waals surface area contributed by atoms with Crippen LogP contribution in [0.25, 0.3) is 0 Å². The minimum atomic E-state index is -0.113. The molecule has 0 radical (unpaired) electrons. The molecule has 1 amide bonds. The number of nitrogens with zero attached hydrogens (tertiary/aromatic N) is 1. The van der Waals surface area contributed by atoms with Crippen molar-refractivity contribution in [1.82, 2.24) is 15.5 Å². The number of carbonyl (C=O) groups excluding carboxylic acids is 1. The third kappa shape index (κ3) is 4.55. The second-order valence-electron chi connectivity index (χ2n) is 5.68. The smallest absolute Gasteiger partial charge is 0.237 e. The average molecular weight is 257 g/mol. The molecular formula is C13H27N3O2. The van der Waals surface area contributed by atoms with Gasteiger partial charge in [0, 0.05) is 26.2 Å². The maximum Gasteiger partial charge on any atom is 0.237 e. The summed E-state index contributed by atoms with van der Waals surface area (Å²) in [5.41, 5.74) is 0. The lowest BCUT2D eigenvalue weighted by atomic mass is 10.0. The summed E-state index contributed by atoms with van der Waals surface area (Å²) in [5.74, 6) is 0.520. The van der Waals surface area contributed by atoms with Crippen molar-refractivity contribution in [3.63, 3.8) is 0 Å². The molecule has 106 valence electrons. The van der Waals surface area contributed by atoms with Crippen LogP contribution in [0, 0.1) is 5.92 Å². The van der Waals surface area contributed by atoms with Crippen LogP contribution in [-0.2, 0) is 9.53 Å². The molecule has 5 nitrogen and oxygen atoms in total. The molecule has 1 fully saturated rings. The van der Waals surface area contributed by atoms with E-state index in [1.54, 1.807) is 7.11 Å². The van der Waals surface area contributed by atoms with Crippen LogP contribution in [0.1, 0.15) is 20.3 Å². The summed E-state index contributed by atoms with van der Waals surface area (Å²) in [7, 11) is 5.74. The van der Waals surface area contributed by atoms with Gasteiger partial charge in [0.1, 0.15) is 0 Å². The molecule has 0 saturated carbocycles. The number of ether oxygens (including phenoxy) is 1. The predicted octanol–water partition coefficient (Wildman–Crippen LogP) is 0.0657. The zero-order chi connectivity index (χ0) is 13.7. The highest BCUT2D eigenvalue weighted by molar-refractivity contribution is 5.82. The van der Waals surface area contributed by atoms with E-state index in [2.05, 4.69) is 29.4 Å². The van der Waals surface area contributed by atoms with Crippen LogP contribution in [0.15, 0.2) is 0 Å². The molecule has 1 heterocycles. The van der Waals surface area contributed by atoms with E-state index in [0.29, 0.717) is 5.92 Å². The molecule has 0 spiro atoms. The van der Waals surface area contributed by atoms with Crippen molar-refractivity contribution in [2.75, 3.05) is 34.3 Å². The number of nitrogens with one attached hydrogen (secondary N) is 2. The Morgan fingerprint density at radius 3 is 2.61 bits per heavy atom. The van der Waals surface area contributed by atoms with E-state index in [-0.39, 0.29) is 24.1 Å². The Bertz CT molecular complexity index is 269. The summed E-state index contributed by atoms with van der Waals surface area (Å²) in [6, 6.07) is 0.0780. The number of carbonyl (C=O) groups is 1. The van der Waals surface area contributed by atoms with Gasteiger partial charge in [-0.05, 0) is 26.4 Å². The maximum atomic E-state index is 12.2. The zero-order valence-electron chi connectivity index (χ0n) is 12.2. The molecule has 0 bridgehead atoms. The Morgan fingerprint density at radius 1 is 1.50 bits per heavy atom. The van der Waals surface area contributed by atoms with Gasteiger partial charge < -0.3 is 20.3 Å². The molecule has 18 heavy (non-hydrogen) atoms. The van der Waals surface area contributed by atoms with Gasteiger partial charge in [-0.15, -0.1) is 0 Å². The van der Waals surface area contributed by atoms with Gasteiger partial charge in [-0.2, -0.15) is 0 Å². The van der Waals surface area contributed by atoms with Crippen LogP contribution in [0.4, 0.5) is 0 Å². The highest BCUT2D eigenvalue weighted by atomic mass is 16.5. The topological polar surface area (TPSA) is 53.6 Å². The maximum absolute atomic E-state index is 12.2. The van der Waals surface area contributed by atoms with Crippen LogP contribution in [0.5, 0.6) is 0 Å². The lowest BCUT2D eigenvalue weighted by Crippen LogP contribution is -2.50. The lowest BCUT2D eigenvalue weighted by Gasteiger charge is -2.27. The highest BCUT2D eigenvalue weighted by Gasteiger charge is 2.30. The van der Waals surface area contributed by atoms with Crippen molar-refractivity contribution in [3.8, 4) is 0 Å². The standard InChI is InChI=1S/C13H27N3O2/c1-9(2)12(8-16(3)4)15-13(17)11-6-10(18-5)7-14-11/h9-12,14H,6-8H2,1-5H3,(H,15,17). The Kier molecular flexibility index (Phi) is 6.05. The van der Waals surface area contributed by atoms with E-state index in [0.717, 1.165) is 19.5 Å². The molecule has 0 aliphatic carbocycles. The number of methoxy groups -OCH3 is 1. The molecule has 1 aliphatic heterocycles. The predicted molar refractivity (Wildman–Crippen MR) is 72.5 cm³/mol. The quantitative estimate of drug-likeness (QED) is 0.707. The van der Waals surface area contributed by atoms with Crippen LogP contribution < -0.4 is 10.6 Å². The van der Waals surface area contributed by atoms with E-state index in [4.69, 9.17) is 4.74 Å². The van der Waals surface area contributed by atoms with Crippen molar-refractivity contribution in [3.05, 3.63) is 0 Å². The number of hydrogen-bond donors (Lipinski definition) is 2. The van der Waals surface area contributed by atoms with Crippen molar-refractivity contribution in [1.29, 1.82) is 0 Å². The highest BCUT2D eigenvalue weighted by Crippen LogP contribution is 2.11. The van der Waals surface area contributed by atoms with Crippen molar-refractivity contribution in [2.45, 2.75) is 38.5 Å². The molecule has 1 rings (SSSR count). The molecule has 0 aromatic rings. The number of amides is 1. The summed E-state index contributed by atoms with van der Waals surface area (Å²) in [6.45, 7) is 5.89. The Morgan fingerprint density at radius 2 is 2.17 bits per heavy atom. The van der Waals surface area contributed by atoms with Crippen LogP contribution in [0.3, 0.4) is 0 Å². The summed E-state index contributed by atoms with van der Waals surface area (Å²) in [5, 5.41) is 6.34. The lowest BCUT2D eigenvalue weighted by molar-refractivity contribution is -0.124. The van der Waals surface area contributed by atoms with E-state index in [1.807, 2.05) is 14.1 Å². The van der Waals surface area contributed by atoms with E-state index >= 15 is 0 Å².